The molecule has 0 radical (unpaired) electrons. The molecule has 0 unspecified atom stereocenters. The Hall–Kier alpha value is -2.81. The number of carbonyl (C=O) groups is 2. The Kier molecular flexibility index (Phi) is 7.92. The van der Waals surface area contributed by atoms with Gasteiger partial charge in [0.2, 0.25) is 5.91 Å². The zero-order valence-electron chi connectivity index (χ0n) is 19.2. The summed E-state index contributed by atoms with van der Waals surface area (Å²) in [6.07, 6.45) is 0. The van der Waals surface area contributed by atoms with Crippen LogP contribution < -0.4 is 5.32 Å². The van der Waals surface area contributed by atoms with Crippen molar-refractivity contribution in [1.82, 2.24) is 15.0 Å². The molecule has 1 saturated heterocycles. The summed E-state index contributed by atoms with van der Waals surface area (Å²) in [4.78, 5) is 30.5. The van der Waals surface area contributed by atoms with E-state index in [0.717, 1.165) is 21.9 Å². The minimum Gasteiger partial charge on any atom is -0.361 e. The number of hydrogen-bond acceptors (Lipinski definition) is 6. The highest BCUT2D eigenvalue weighted by atomic mass is 35.5. The van der Waals surface area contributed by atoms with Gasteiger partial charge in [-0.05, 0) is 43.7 Å². The van der Waals surface area contributed by atoms with Crippen molar-refractivity contribution in [3.63, 3.8) is 0 Å². The molecule has 1 aliphatic rings. The number of aryl methyl sites for hydroxylation is 2. The molecule has 1 aromatic heterocycles. The molecule has 178 valence electrons. The fourth-order valence-electron chi connectivity index (χ4n) is 3.80. The average molecular weight is 499 g/mol. The lowest BCUT2D eigenvalue weighted by Gasteiger charge is -2.34. The zero-order valence-corrected chi connectivity index (χ0v) is 20.8. The second-order valence-corrected chi connectivity index (χ2v) is 9.74. The van der Waals surface area contributed by atoms with Gasteiger partial charge in [0, 0.05) is 42.9 Å². The van der Waals surface area contributed by atoms with Crippen LogP contribution in [-0.2, 0) is 10.5 Å². The van der Waals surface area contributed by atoms with E-state index in [1.165, 1.54) is 0 Å². The predicted molar refractivity (Wildman–Crippen MR) is 134 cm³/mol. The van der Waals surface area contributed by atoms with E-state index in [0.29, 0.717) is 48.2 Å². The number of rotatable bonds is 7. The van der Waals surface area contributed by atoms with Crippen LogP contribution in [0.5, 0.6) is 0 Å². The van der Waals surface area contributed by atoms with Crippen LogP contribution >= 0.6 is 23.4 Å². The van der Waals surface area contributed by atoms with E-state index in [-0.39, 0.29) is 18.4 Å². The number of nitrogens with one attached hydrogen (secondary N) is 1. The van der Waals surface area contributed by atoms with Crippen LogP contribution in [0.25, 0.3) is 0 Å². The maximum atomic E-state index is 13.2. The molecular weight excluding hydrogens is 472 g/mol. The average Bonchev–Trinajstić information content (AvgIpc) is 3.25. The topological polar surface area (TPSA) is 78.7 Å². The van der Waals surface area contributed by atoms with Gasteiger partial charge in [-0.1, -0.05) is 35.0 Å². The van der Waals surface area contributed by atoms with E-state index < -0.39 is 0 Å². The highest BCUT2D eigenvalue weighted by molar-refractivity contribution is 7.98. The summed E-state index contributed by atoms with van der Waals surface area (Å²) in [5.41, 5.74) is 3.19. The van der Waals surface area contributed by atoms with Gasteiger partial charge in [-0.3, -0.25) is 14.5 Å². The second kappa shape index (κ2) is 11.1. The first kappa shape index (κ1) is 24.3. The Bertz CT molecular complexity index is 1170. The van der Waals surface area contributed by atoms with Gasteiger partial charge < -0.3 is 14.7 Å². The molecule has 9 heteroatoms. The molecule has 7 nitrogen and oxygen atoms in total. The van der Waals surface area contributed by atoms with Crippen molar-refractivity contribution >= 4 is 40.9 Å². The summed E-state index contributed by atoms with van der Waals surface area (Å²) in [5.74, 6) is 1.30. The molecule has 2 aromatic carbocycles. The molecule has 0 spiro atoms. The van der Waals surface area contributed by atoms with Crippen molar-refractivity contribution < 1.29 is 14.1 Å². The SMILES string of the molecule is Cc1ccc(NC(=O)CN2CCN(C(=O)c3ccccc3SCc3cc(C)on3)CC2)c(Cl)c1. The van der Waals surface area contributed by atoms with E-state index in [1.54, 1.807) is 11.8 Å². The third-order valence-electron chi connectivity index (χ3n) is 5.60. The molecule has 4 rings (SSSR count). The normalized spacial score (nSPS) is 14.3. The lowest BCUT2D eigenvalue weighted by Crippen LogP contribution is -2.50. The van der Waals surface area contributed by atoms with Crippen molar-refractivity contribution in [2.75, 3.05) is 38.0 Å². The van der Waals surface area contributed by atoms with Gasteiger partial charge in [0.15, 0.2) is 0 Å². The lowest BCUT2D eigenvalue weighted by atomic mass is 10.2. The maximum Gasteiger partial charge on any atom is 0.255 e. The first-order valence-electron chi connectivity index (χ1n) is 11.1. The number of hydrogen-bond donors (Lipinski definition) is 1. The molecular formula is C25H27ClN4O3S. The largest absolute Gasteiger partial charge is 0.361 e. The van der Waals surface area contributed by atoms with Gasteiger partial charge in [-0.25, -0.2) is 0 Å². The third kappa shape index (κ3) is 6.20. The third-order valence-corrected chi connectivity index (χ3v) is 7.01. The van der Waals surface area contributed by atoms with Gasteiger partial charge in [0.1, 0.15) is 5.76 Å². The highest BCUT2D eigenvalue weighted by Crippen LogP contribution is 2.27. The summed E-state index contributed by atoms with van der Waals surface area (Å²) in [5, 5.41) is 7.43. The summed E-state index contributed by atoms with van der Waals surface area (Å²) in [7, 11) is 0. The molecule has 1 fully saturated rings. The van der Waals surface area contributed by atoms with Crippen LogP contribution in [-0.4, -0.2) is 59.5 Å². The number of thioether (sulfide) groups is 1. The zero-order chi connectivity index (χ0) is 24.1. The Labute approximate surface area is 208 Å². The van der Waals surface area contributed by atoms with Gasteiger partial charge in [-0.2, -0.15) is 0 Å². The quantitative estimate of drug-likeness (QED) is 0.478. The summed E-state index contributed by atoms with van der Waals surface area (Å²) < 4.78 is 5.13. The smallest absolute Gasteiger partial charge is 0.255 e. The monoisotopic (exact) mass is 498 g/mol. The molecule has 3 aromatic rings. The van der Waals surface area contributed by atoms with Crippen molar-refractivity contribution in [2.24, 2.45) is 0 Å². The number of carbonyl (C=O) groups excluding carboxylic acids is 2. The number of nitrogens with zero attached hydrogens (tertiary/aromatic N) is 3. The molecule has 1 N–H and O–H groups in total. The summed E-state index contributed by atoms with van der Waals surface area (Å²) >= 11 is 7.79. The molecule has 0 saturated carbocycles. The van der Waals surface area contributed by atoms with Crippen LogP contribution in [0, 0.1) is 13.8 Å². The van der Waals surface area contributed by atoms with Gasteiger partial charge >= 0.3 is 0 Å². The van der Waals surface area contributed by atoms with Crippen molar-refractivity contribution in [3.05, 3.63) is 76.1 Å². The molecule has 1 aliphatic heterocycles. The first-order chi connectivity index (χ1) is 16.4. The standard InChI is InChI=1S/C25H27ClN4O3S/c1-17-7-8-22(21(26)13-17)27-24(31)15-29-9-11-30(12-10-29)25(32)20-5-3-4-6-23(20)34-16-19-14-18(2)33-28-19/h3-8,13-14H,9-12,15-16H2,1-2H3,(H,27,31). The number of benzene rings is 2. The van der Waals surface area contributed by atoms with Crippen molar-refractivity contribution in [3.8, 4) is 0 Å². The molecule has 0 bridgehead atoms. The van der Waals surface area contributed by atoms with E-state index in [2.05, 4.69) is 15.4 Å². The number of amides is 2. The Morgan fingerprint density at radius 2 is 1.85 bits per heavy atom. The number of aromatic nitrogens is 1. The van der Waals surface area contributed by atoms with E-state index in [1.807, 2.05) is 67.3 Å². The lowest BCUT2D eigenvalue weighted by molar-refractivity contribution is -0.117. The minimum atomic E-state index is -0.115. The highest BCUT2D eigenvalue weighted by Gasteiger charge is 2.25. The van der Waals surface area contributed by atoms with Gasteiger partial charge in [0.05, 0.1) is 28.5 Å². The maximum absolute atomic E-state index is 13.2. The number of anilines is 1. The van der Waals surface area contributed by atoms with Crippen LogP contribution in [0.15, 0.2) is 57.9 Å². The minimum absolute atomic E-state index is 0.00923. The van der Waals surface area contributed by atoms with Crippen molar-refractivity contribution in [1.29, 1.82) is 0 Å². The molecule has 2 amide bonds. The van der Waals surface area contributed by atoms with Crippen molar-refractivity contribution in [2.45, 2.75) is 24.5 Å². The Morgan fingerprint density at radius 1 is 1.09 bits per heavy atom. The van der Waals surface area contributed by atoms with E-state index >= 15 is 0 Å². The van der Waals surface area contributed by atoms with Gasteiger partial charge in [-0.15, -0.1) is 11.8 Å². The molecule has 2 heterocycles. The fourth-order valence-corrected chi connectivity index (χ4v) is 5.01. The predicted octanol–water partition coefficient (Wildman–Crippen LogP) is 4.63. The van der Waals surface area contributed by atoms with Crippen LogP contribution in [0.1, 0.15) is 27.4 Å². The second-order valence-electron chi connectivity index (χ2n) is 8.31. The summed E-state index contributed by atoms with van der Waals surface area (Å²) in [6, 6.07) is 15.1. The Morgan fingerprint density at radius 3 is 2.56 bits per heavy atom. The number of piperazine rings is 1. The first-order valence-corrected chi connectivity index (χ1v) is 12.5. The molecule has 0 atom stereocenters. The molecule has 34 heavy (non-hydrogen) atoms. The fraction of sp³-hybridized carbons (Fsp3) is 0.320. The Balaban J connectivity index is 1.30. The number of halogens is 1. The van der Waals surface area contributed by atoms with E-state index in [4.69, 9.17) is 16.1 Å². The van der Waals surface area contributed by atoms with E-state index in [9.17, 15) is 9.59 Å². The van der Waals surface area contributed by atoms with Crippen LogP contribution in [0.3, 0.4) is 0 Å². The van der Waals surface area contributed by atoms with Crippen LogP contribution in [0.2, 0.25) is 5.02 Å². The summed E-state index contributed by atoms with van der Waals surface area (Å²) in [6.45, 7) is 6.47. The van der Waals surface area contributed by atoms with Gasteiger partial charge in [0.25, 0.3) is 5.91 Å². The van der Waals surface area contributed by atoms with Crippen LogP contribution in [0.4, 0.5) is 5.69 Å². The molecule has 0 aliphatic carbocycles.